The van der Waals surface area contributed by atoms with Gasteiger partial charge in [0.1, 0.15) is 0 Å². The van der Waals surface area contributed by atoms with Crippen molar-refractivity contribution in [1.29, 1.82) is 0 Å². The van der Waals surface area contributed by atoms with E-state index in [9.17, 15) is 0 Å². The number of likely N-dealkylation sites (tertiary alicyclic amines) is 1. The molecule has 0 amide bonds. The van der Waals surface area contributed by atoms with Crippen molar-refractivity contribution in [2.24, 2.45) is 0 Å². The van der Waals surface area contributed by atoms with Gasteiger partial charge in [-0.15, -0.1) is 37.2 Å². The van der Waals surface area contributed by atoms with Crippen molar-refractivity contribution in [3.8, 4) is 22.5 Å². The lowest BCUT2D eigenvalue weighted by molar-refractivity contribution is 0.201. The largest absolute Gasteiger partial charge is 0.364 e. The molecule has 0 aliphatic carbocycles. The number of aryl methyl sites for hydroxylation is 5. The van der Waals surface area contributed by atoms with Crippen LogP contribution in [0.3, 0.4) is 0 Å². The summed E-state index contributed by atoms with van der Waals surface area (Å²) in [6.45, 7) is 14.2. The summed E-state index contributed by atoms with van der Waals surface area (Å²) >= 11 is 12.9. The van der Waals surface area contributed by atoms with Crippen LogP contribution in [0.25, 0.3) is 22.5 Å². The van der Waals surface area contributed by atoms with Crippen LogP contribution < -0.4 is 4.90 Å². The van der Waals surface area contributed by atoms with E-state index in [1.165, 1.54) is 22.4 Å². The highest BCUT2D eigenvalue weighted by Gasteiger charge is 2.26. The van der Waals surface area contributed by atoms with Gasteiger partial charge < -0.3 is 4.90 Å². The van der Waals surface area contributed by atoms with Crippen LogP contribution in [0.15, 0.2) is 85.2 Å². The molecule has 6 rings (SSSR count). The second kappa shape index (κ2) is 17.9. The fourth-order valence-corrected chi connectivity index (χ4v) is 6.88. The number of hydrogen-bond donors (Lipinski definition) is 0. The summed E-state index contributed by atoms with van der Waals surface area (Å²) < 4.78 is 0. The van der Waals surface area contributed by atoms with E-state index in [0.29, 0.717) is 6.04 Å². The van der Waals surface area contributed by atoms with Gasteiger partial charge in [0.25, 0.3) is 0 Å². The van der Waals surface area contributed by atoms with Gasteiger partial charge in [0.05, 0.1) is 11.4 Å². The molecule has 0 atom stereocenters. The lowest BCUT2D eigenvalue weighted by Gasteiger charge is -2.40. The lowest BCUT2D eigenvalue weighted by atomic mass is 9.99. The zero-order valence-corrected chi connectivity index (χ0v) is 32.6. The molecule has 260 valence electrons. The fraction of sp³-hybridized carbons (Fsp3) is 0.300. The van der Waals surface area contributed by atoms with Crippen LogP contribution in [0.2, 0.25) is 10.0 Å². The summed E-state index contributed by atoms with van der Waals surface area (Å²) in [6.07, 6.45) is 6.09. The smallest absolute Gasteiger partial charge is 0.0705 e. The summed E-state index contributed by atoms with van der Waals surface area (Å²) in [7, 11) is 0. The normalized spacial score (nSPS) is 13.2. The topological polar surface area (TPSA) is 32.3 Å². The first-order chi connectivity index (χ1) is 22.1. The summed E-state index contributed by atoms with van der Waals surface area (Å²) in [5.74, 6) is 0. The molecule has 0 bridgehead atoms. The number of pyridine rings is 2. The second-order valence-electron chi connectivity index (χ2n) is 12.9. The quantitative estimate of drug-likeness (QED) is 0.158. The van der Waals surface area contributed by atoms with Crippen molar-refractivity contribution < 1.29 is 0 Å². The van der Waals surface area contributed by atoms with Gasteiger partial charge in [-0.2, -0.15) is 0 Å². The van der Waals surface area contributed by atoms with Crippen molar-refractivity contribution in [3.63, 3.8) is 0 Å². The molecule has 1 aliphatic heterocycles. The van der Waals surface area contributed by atoms with Gasteiger partial charge in [-0.1, -0.05) is 40.9 Å². The first-order valence-corrected chi connectivity index (χ1v) is 16.9. The Balaban J connectivity index is 0.00000217. The van der Waals surface area contributed by atoms with Crippen LogP contribution in [0.4, 0.5) is 5.69 Å². The van der Waals surface area contributed by atoms with Gasteiger partial charge in [0.2, 0.25) is 0 Å². The molecule has 1 saturated heterocycles. The molecule has 5 aromatic rings. The number of anilines is 1. The highest BCUT2D eigenvalue weighted by atomic mass is 35.5. The molecule has 0 saturated carbocycles. The average molecular weight is 759 g/mol. The third-order valence-corrected chi connectivity index (χ3v) is 10.4. The van der Waals surface area contributed by atoms with Crippen LogP contribution in [0.1, 0.15) is 51.8 Å². The van der Waals surface area contributed by atoms with Crippen molar-refractivity contribution >= 4 is 66.1 Å². The van der Waals surface area contributed by atoms with E-state index in [1.807, 2.05) is 12.4 Å². The Morgan fingerprint density at radius 1 is 0.633 bits per heavy atom. The molecule has 1 aliphatic rings. The van der Waals surface area contributed by atoms with Crippen LogP contribution in [-0.2, 0) is 13.1 Å². The lowest BCUT2D eigenvalue weighted by Crippen LogP contribution is -2.44. The van der Waals surface area contributed by atoms with Crippen LogP contribution >= 0.6 is 60.4 Å². The van der Waals surface area contributed by atoms with E-state index in [-0.39, 0.29) is 37.2 Å². The van der Waals surface area contributed by atoms with Crippen LogP contribution in [0, 0.1) is 34.6 Å². The molecule has 2 aromatic heterocycles. The fourth-order valence-electron chi connectivity index (χ4n) is 6.66. The predicted molar refractivity (Wildman–Crippen MR) is 216 cm³/mol. The van der Waals surface area contributed by atoms with Crippen LogP contribution in [0.5, 0.6) is 0 Å². The van der Waals surface area contributed by atoms with Crippen molar-refractivity contribution in [2.45, 2.75) is 66.6 Å². The Kier molecular flexibility index (Phi) is 14.8. The molecular formula is C40H45Cl5N4. The van der Waals surface area contributed by atoms with Gasteiger partial charge in [0, 0.05) is 71.5 Å². The average Bonchev–Trinajstić information content (AvgIpc) is 3.06. The Morgan fingerprint density at radius 2 is 1.08 bits per heavy atom. The molecule has 9 heteroatoms. The number of halogens is 5. The molecule has 4 nitrogen and oxygen atoms in total. The number of rotatable bonds is 8. The molecule has 0 unspecified atom stereocenters. The molecule has 0 radical (unpaired) electrons. The van der Waals surface area contributed by atoms with Crippen molar-refractivity contribution in [2.75, 3.05) is 18.0 Å². The molecule has 3 aromatic carbocycles. The summed E-state index contributed by atoms with van der Waals surface area (Å²) in [5, 5.41) is 1.66. The van der Waals surface area contributed by atoms with E-state index in [1.54, 1.807) is 0 Å². The standard InChI is InChI=1S/C40H42Cl2N4.3ClH/c1-26-6-8-35(9-7-26)46(25-32-11-15-44-38(23-32)34-20-29(4)40(42)30(5)21-34)36-12-16-45(17-13-36)24-31-10-14-43-37(22-31)33-18-27(2)39(41)28(3)19-33;;;/h6-11,14-15,18-23,36H,12-13,16-17,24-25H2,1-5H3;3*1H. The Morgan fingerprint density at radius 3 is 1.57 bits per heavy atom. The van der Waals surface area contributed by atoms with Crippen molar-refractivity contribution in [3.05, 3.63) is 134 Å². The first-order valence-electron chi connectivity index (χ1n) is 16.1. The van der Waals surface area contributed by atoms with Crippen LogP contribution in [-0.4, -0.2) is 34.0 Å². The van der Waals surface area contributed by atoms with Gasteiger partial charge in [-0.25, -0.2) is 0 Å². The maximum Gasteiger partial charge on any atom is 0.0705 e. The molecular weight excluding hydrogens is 714 g/mol. The number of nitrogens with zero attached hydrogens (tertiary/aromatic N) is 4. The highest BCUT2D eigenvalue weighted by molar-refractivity contribution is 6.32. The van der Waals surface area contributed by atoms with E-state index < -0.39 is 0 Å². The highest BCUT2D eigenvalue weighted by Crippen LogP contribution is 2.31. The summed E-state index contributed by atoms with van der Waals surface area (Å²) in [5.41, 5.74) is 13.6. The van der Waals surface area contributed by atoms with Gasteiger partial charge in [-0.05, 0) is 142 Å². The molecule has 49 heavy (non-hydrogen) atoms. The summed E-state index contributed by atoms with van der Waals surface area (Å²) in [4.78, 5) is 14.6. The Bertz CT molecular complexity index is 1810. The zero-order valence-electron chi connectivity index (χ0n) is 28.7. The SMILES string of the molecule is Cc1ccc(N(Cc2ccnc(-c3cc(C)c(Cl)c(C)c3)c2)C2CCN(Cc3ccnc(-c4cc(C)c(Cl)c(C)c4)c3)CC2)cc1.Cl.Cl.Cl. The van der Waals surface area contributed by atoms with E-state index >= 15 is 0 Å². The number of piperidine rings is 1. The van der Waals surface area contributed by atoms with E-state index in [4.69, 9.17) is 28.2 Å². The minimum Gasteiger partial charge on any atom is -0.364 e. The summed E-state index contributed by atoms with van der Waals surface area (Å²) in [6, 6.07) is 26.8. The minimum atomic E-state index is 0. The predicted octanol–water partition coefficient (Wildman–Crippen LogP) is 11.6. The maximum absolute atomic E-state index is 6.47. The number of hydrogen-bond acceptors (Lipinski definition) is 4. The molecule has 1 fully saturated rings. The third-order valence-electron chi connectivity index (χ3n) is 9.24. The molecule has 0 N–H and O–H groups in total. The first kappa shape index (κ1) is 40.6. The number of benzene rings is 3. The van der Waals surface area contributed by atoms with E-state index in [2.05, 4.69) is 122 Å². The minimum absolute atomic E-state index is 0. The maximum atomic E-state index is 6.47. The molecule has 3 heterocycles. The third kappa shape index (κ3) is 9.70. The monoisotopic (exact) mass is 756 g/mol. The van der Waals surface area contributed by atoms with E-state index in [0.717, 1.165) is 93.8 Å². The number of aromatic nitrogens is 2. The van der Waals surface area contributed by atoms with Gasteiger partial charge in [0.15, 0.2) is 0 Å². The van der Waals surface area contributed by atoms with Gasteiger partial charge >= 0.3 is 0 Å². The zero-order chi connectivity index (χ0) is 32.4. The van der Waals surface area contributed by atoms with Crippen molar-refractivity contribution in [1.82, 2.24) is 14.9 Å². The van der Waals surface area contributed by atoms with Gasteiger partial charge in [-0.3, -0.25) is 14.9 Å². The molecule has 0 spiro atoms. The second-order valence-corrected chi connectivity index (χ2v) is 13.7. The Labute approximate surface area is 320 Å². The Hall–Kier alpha value is -2.83.